The molecule has 1 aliphatic heterocycles. The highest BCUT2D eigenvalue weighted by Crippen LogP contribution is 2.20. The molecule has 7 heteroatoms. The third-order valence-electron chi connectivity index (χ3n) is 4.38. The summed E-state index contributed by atoms with van der Waals surface area (Å²) in [6, 6.07) is 7.20. The van der Waals surface area contributed by atoms with Crippen LogP contribution in [0.25, 0.3) is 0 Å². The van der Waals surface area contributed by atoms with Gasteiger partial charge in [0.05, 0.1) is 11.9 Å². The molecule has 1 aliphatic rings. The summed E-state index contributed by atoms with van der Waals surface area (Å²) in [6.07, 6.45) is 3.15. The highest BCUT2D eigenvalue weighted by molar-refractivity contribution is 5.94. The standard InChI is InChI=1S/C18H20F2N4O/c1-21-13-5-6-16(22-11-13)24-9-7-12(8-10-24)23-18(25)17-14(19)3-2-4-15(17)20/h2-6,11-12,21H,7-10H2,1H3,(H,23,25). The Morgan fingerprint density at radius 1 is 1.16 bits per heavy atom. The van der Waals surface area contributed by atoms with Gasteiger partial charge in [-0.25, -0.2) is 13.8 Å². The van der Waals surface area contributed by atoms with Crippen molar-refractivity contribution in [2.45, 2.75) is 18.9 Å². The SMILES string of the molecule is CNc1ccc(N2CCC(NC(=O)c3c(F)cccc3F)CC2)nc1. The van der Waals surface area contributed by atoms with Gasteiger partial charge >= 0.3 is 0 Å². The van der Waals surface area contributed by atoms with E-state index >= 15 is 0 Å². The molecular weight excluding hydrogens is 326 g/mol. The van der Waals surface area contributed by atoms with E-state index in [1.807, 2.05) is 19.2 Å². The van der Waals surface area contributed by atoms with Crippen molar-refractivity contribution < 1.29 is 13.6 Å². The molecule has 25 heavy (non-hydrogen) atoms. The first-order chi connectivity index (χ1) is 12.1. The van der Waals surface area contributed by atoms with Crippen LogP contribution in [0.5, 0.6) is 0 Å². The summed E-state index contributed by atoms with van der Waals surface area (Å²) in [4.78, 5) is 18.7. The molecule has 0 unspecified atom stereocenters. The maximum absolute atomic E-state index is 13.7. The number of carbonyl (C=O) groups is 1. The summed E-state index contributed by atoms with van der Waals surface area (Å²) in [6.45, 7) is 1.44. The van der Waals surface area contributed by atoms with Crippen LogP contribution in [0.4, 0.5) is 20.3 Å². The first-order valence-electron chi connectivity index (χ1n) is 8.22. The van der Waals surface area contributed by atoms with E-state index in [0.29, 0.717) is 12.8 Å². The molecule has 0 saturated carbocycles. The van der Waals surface area contributed by atoms with E-state index in [0.717, 1.165) is 36.7 Å². The molecule has 1 aromatic heterocycles. The second-order valence-corrected chi connectivity index (χ2v) is 5.99. The average molecular weight is 346 g/mol. The molecule has 1 amide bonds. The van der Waals surface area contributed by atoms with Crippen LogP contribution in [0.1, 0.15) is 23.2 Å². The third-order valence-corrected chi connectivity index (χ3v) is 4.38. The van der Waals surface area contributed by atoms with Crippen molar-refractivity contribution in [2.24, 2.45) is 0 Å². The van der Waals surface area contributed by atoms with Crippen molar-refractivity contribution in [1.29, 1.82) is 0 Å². The summed E-state index contributed by atoms with van der Waals surface area (Å²) >= 11 is 0. The number of carbonyl (C=O) groups excluding carboxylic acids is 1. The van der Waals surface area contributed by atoms with Crippen LogP contribution >= 0.6 is 0 Å². The van der Waals surface area contributed by atoms with Gasteiger partial charge in [0.1, 0.15) is 23.0 Å². The van der Waals surface area contributed by atoms with Gasteiger partial charge in [0, 0.05) is 26.2 Å². The summed E-state index contributed by atoms with van der Waals surface area (Å²) in [5, 5.41) is 5.75. The zero-order valence-corrected chi connectivity index (χ0v) is 13.9. The Morgan fingerprint density at radius 2 is 1.84 bits per heavy atom. The molecule has 1 saturated heterocycles. The lowest BCUT2D eigenvalue weighted by Gasteiger charge is -2.33. The Labute approximate surface area is 145 Å². The second kappa shape index (κ2) is 7.46. The topological polar surface area (TPSA) is 57.3 Å². The van der Waals surface area contributed by atoms with Crippen LogP contribution in [0.3, 0.4) is 0 Å². The van der Waals surface area contributed by atoms with Crippen LogP contribution in [-0.4, -0.2) is 37.1 Å². The summed E-state index contributed by atoms with van der Waals surface area (Å²) in [5.41, 5.74) is 0.423. The highest BCUT2D eigenvalue weighted by Gasteiger charge is 2.24. The van der Waals surface area contributed by atoms with Crippen LogP contribution in [0, 0.1) is 11.6 Å². The molecule has 0 aliphatic carbocycles. The molecule has 3 rings (SSSR count). The highest BCUT2D eigenvalue weighted by atomic mass is 19.1. The first kappa shape index (κ1) is 17.1. The van der Waals surface area contributed by atoms with Crippen molar-refractivity contribution >= 4 is 17.4 Å². The summed E-state index contributed by atoms with van der Waals surface area (Å²) in [7, 11) is 1.84. The monoisotopic (exact) mass is 346 g/mol. The third kappa shape index (κ3) is 3.87. The lowest BCUT2D eigenvalue weighted by atomic mass is 10.0. The van der Waals surface area contributed by atoms with Crippen molar-refractivity contribution in [3.8, 4) is 0 Å². The lowest BCUT2D eigenvalue weighted by molar-refractivity contribution is 0.0922. The number of pyridine rings is 1. The fourth-order valence-corrected chi connectivity index (χ4v) is 2.95. The lowest BCUT2D eigenvalue weighted by Crippen LogP contribution is -2.45. The van der Waals surface area contributed by atoms with Gasteiger partial charge in [0.2, 0.25) is 0 Å². The van der Waals surface area contributed by atoms with Crippen molar-refractivity contribution in [2.75, 3.05) is 30.4 Å². The molecule has 2 aromatic rings. The Balaban J connectivity index is 1.58. The van der Waals surface area contributed by atoms with E-state index in [4.69, 9.17) is 0 Å². The van der Waals surface area contributed by atoms with Gasteiger partial charge in [-0.1, -0.05) is 6.07 Å². The first-order valence-corrected chi connectivity index (χ1v) is 8.22. The number of nitrogens with one attached hydrogen (secondary N) is 2. The Hall–Kier alpha value is -2.70. The van der Waals surface area contributed by atoms with E-state index in [9.17, 15) is 13.6 Å². The van der Waals surface area contributed by atoms with Crippen LogP contribution in [-0.2, 0) is 0 Å². The quantitative estimate of drug-likeness (QED) is 0.894. The van der Waals surface area contributed by atoms with Crippen LogP contribution < -0.4 is 15.5 Å². The Kier molecular flexibility index (Phi) is 5.11. The predicted octanol–water partition coefficient (Wildman–Crippen LogP) is 2.80. The van der Waals surface area contributed by atoms with E-state index in [-0.39, 0.29) is 6.04 Å². The minimum atomic E-state index is -0.844. The predicted molar refractivity (Wildman–Crippen MR) is 92.8 cm³/mol. The summed E-state index contributed by atoms with van der Waals surface area (Å²) < 4.78 is 27.4. The smallest absolute Gasteiger partial charge is 0.257 e. The van der Waals surface area contributed by atoms with Gasteiger partial charge in [0.15, 0.2) is 0 Å². The van der Waals surface area contributed by atoms with Gasteiger partial charge in [-0.15, -0.1) is 0 Å². The number of rotatable bonds is 4. The molecule has 2 heterocycles. The number of hydrogen-bond donors (Lipinski definition) is 2. The maximum atomic E-state index is 13.7. The fraction of sp³-hybridized carbons (Fsp3) is 0.333. The van der Waals surface area contributed by atoms with E-state index in [1.54, 1.807) is 6.20 Å². The number of piperidine rings is 1. The number of halogens is 2. The number of anilines is 2. The molecule has 2 N–H and O–H groups in total. The molecule has 0 bridgehead atoms. The zero-order valence-electron chi connectivity index (χ0n) is 13.9. The normalized spacial score (nSPS) is 15.1. The minimum absolute atomic E-state index is 0.112. The largest absolute Gasteiger partial charge is 0.387 e. The van der Waals surface area contributed by atoms with Crippen molar-refractivity contribution in [1.82, 2.24) is 10.3 Å². The molecule has 1 fully saturated rings. The van der Waals surface area contributed by atoms with Gasteiger partial charge in [0.25, 0.3) is 5.91 Å². The number of nitrogens with zero attached hydrogens (tertiary/aromatic N) is 2. The molecule has 0 radical (unpaired) electrons. The number of hydrogen-bond acceptors (Lipinski definition) is 4. The van der Waals surface area contributed by atoms with E-state index in [2.05, 4.69) is 20.5 Å². The Bertz CT molecular complexity index is 723. The van der Waals surface area contributed by atoms with Gasteiger partial charge in [-0.3, -0.25) is 4.79 Å². The van der Waals surface area contributed by atoms with Crippen LogP contribution in [0.2, 0.25) is 0 Å². The average Bonchev–Trinajstić information content (AvgIpc) is 2.62. The van der Waals surface area contributed by atoms with Crippen molar-refractivity contribution in [3.63, 3.8) is 0 Å². The molecule has 132 valence electrons. The number of amides is 1. The molecule has 0 spiro atoms. The van der Waals surface area contributed by atoms with Crippen LogP contribution in [0.15, 0.2) is 36.5 Å². The van der Waals surface area contributed by atoms with Gasteiger partial charge in [-0.05, 0) is 37.1 Å². The maximum Gasteiger partial charge on any atom is 0.257 e. The van der Waals surface area contributed by atoms with Gasteiger partial charge in [-0.2, -0.15) is 0 Å². The molecule has 1 aromatic carbocycles. The molecule has 0 atom stereocenters. The van der Waals surface area contributed by atoms with E-state index in [1.165, 1.54) is 6.07 Å². The van der Waals surface area contributed by atoms with E-state index < -0.39 is 23.1 Å². The molecular formula is C18H20F2N4O. The minimum Gasteiger partial charge on any atom is -0.387 e. The number of benzene rings is 1. The number of aromatic nitrogens is 1. The second-order valence-electron chi connectivity index (χ2n) is 5.99. The molecule has 5 nitrogen and oxygen atoms in total. The zero-order chi connectivity index (χ0) is 17.8. The summed E-state index contributed by atoms with van der Waals surface area (Å²) in [5.74, 6) is -1.51. The fourth-order valence-electron chi connectivity index (χ4n) is 2.95. The van der Waals surface area contributed by atoms with Gasteiger partial charge < -0.3 is 15.5 Å². The van der Waals surface area contributed by atoms with Crippen molar-refractivity contribution in [3.05, 3.63) is 53.7 Å². The Morgan fingerprint density at radius 3 is 2.40 bits per heavy atom.